The number of benzene rings is 2. The minimum atomic E-state index is -3.53. The molecule has 2 aromatic carbocycles. The first-order valence-electron chi connectivity index (χ1n) is 12.9. The summed E-state index contributed by atoms with van der Waals surface area (Å²) in [6.45, 7) is 3.92. The first kappa shape index (κ1) is 46.7. The minimum Gasteiger partial charge on any atom is -0.478 e. The molecule has 0 bridgehead atoms. The van der Waals surface area contributed by atoms with E-state index in [1.54, 1.807) is 29.5 Å². The molecule has 4 aromatic rings. The van der Waals surface area contributed by atoms with Crippen molar-refractivity contribution >= 4 is 99.4 Å². The van der Waals surface area contributed by atoms with Crippen LogP contribution in [-0.4, -0.2) is 75.7 Å². The fourth-order valence-corrected chi connectivity index (χ4v) is 6.74. The van der Waals surface area contributed by atoms with Gasteiger partial charge in [-0.1, -0.05) is 38.1 Å². The van der Waals surface area contributed by atoms with Gasteiger partial charge in [-0.3, -0.25) is 23.7 Å². The predicted molar refractivity (Wildman–Crippen MR) is 194 cm³/mol. The quantitative estimate of drug-likeness (QED) is 0.144. The Hall–Kier alpha value is -3.31. The summed E-state index contributed by atoms with van der Waals surface area (Å²) in [7, 11) is -7.02. The van der Waals surface area contributed by atoms with Gasteiger partial charge >= 0.3 is 16.5 Å². The van der Waals surface area contributed by atoms with Gasteiger partial charge in [-0.25, -0.2) is 21.6 Å². The number of aromatic carboxylic acids is 1. The van der Waals surface area contributed by atoms with E-state index in [1.165, 1.54) is 28.9 Å². The van der Waals surface area contributed by atoms with E-state index in [-0.39, 0.29) is 64.5 Å². The van der Waals surface area contributed by atoms with Crippen LogP contribution in [0, 0.1) is 13.8 Å². The van der Waals surface area contributed by atoms with Crippen molar-refractivity contribution in [3.63, 3.8) is 0 Å². The van der Waals surface area contributed by atoms with Crippen molar-refractivity contribution in [3.05, 3.63) is 92.5 Å². The molecule has 1 N–H and O–H groups in total. The number of nitrogens with zero attached hydrogens (tertiary/aromatic N) is 4. The third-order valence-corrected chi connectivity index (χ3v) is 9.83. The SMILES string of the molecule is C.C.Cc1cnn(Cc2c(S(C)(=O)=O)ccc(C(=O)Cl)c2Cl)c1.Cc1cnn(Cc2c(S(C)(=O)=O)ccc(C(=O)O)c2Cl)c1.O=C(Cl)C(=O)Cl. The topological polar surface area (TPSA) is 192 Å². The zero-order valence-corrected chi connectivity index (χ0v) is 30.7. The Bertz CT molecular complexity index is 1960. The smallest absolute Gasteiger partial charge is 0.337 e. The van der Waals surface area contributed by atoms with Gasteiger partial charge in [0.25, 0.3) is 5.24 Å². The van der Waals surface area contributed by atoms with Crippen LogP contribution in [0.2, 0.25) is 10.0 Å². The van der Waals surface area contributed by atoms with Gasteiger partial charge in [0, 0.05) is 36.0 Å². The second kappa shape index (κ2) is 19.3. The highest BCUT2D eigenvalue weighted by atomic mass is 35.5. The Balaban J connectivity index is 0.000000799. The molecule has 0 atom stereocenters. The molecular formula is C30H33Cl5N4O9S2. The van der Waals surface area contributed by atoms with E-state index >= 15 is 0 Å². The number of carboxylic acid groups (broad SMARTS) is 1. The maximum absolute atomic E-state index is 11.9. The van der Waals surface area contributed by atoms with Crippen molar-refractivity contribution in [1.82, 2.24) is 19.6 Å². The van der Waals surface area contributed by atoms with Crippen molar-refractivity contribution in [2.75, 3.05) is 12.5 Å². The van der Waals surface area contributed by atoms with Gasteiger partial charge in [0.2, 0.25) is 0 Å². The summed E-state index contributed by atoms with van der Waals surface area (Å²) in [6.07, 6.45) is 8.86. The lowest BCUT2D eigenvalue weighted by molar-refractivity contribution is -0.127. The number of hydrogen-bond acceptors (Lipinski definition) is 10. The highest BCUT2D eigenvalue weighted by Gasteiger charge is 2.23. The van der Waals surface area contributed by atoms with Crippen LogP contribution in [0.4, 0.5) is 0 Å². The third-order valence-electron chi connectivity index (χ3n) is 5.96. The van der Waals surface area contributed by atoms with E-state index in [0.29, 0.717) is 5.56 Å². The summed E-state index contributed by atoms with van der Waals surface area (Å²) in [5.41, 5.74) is 2.29. The standard InChI is InChI=1S/C13H12Cl2N2O3S.C13H13ClN2O4S.C2Cl2O2.2CH4/c1-8-5-16-17(6-8)7-10-11(21(2,19)20)4-3-9(12(10)14)13(15)18;1-8-5-15-16(6-8)7-10-11(21(2,19)20)4-3-9(12(10)14)13(17)18;3-1(5)2(4)6;;/h3-6H,7H2,1-2H3;3-6H,7H2,1-2H3,(H,17,18);;2*1H4. The van der Waals surface area contributed by atoms with E-state index in [4.69, 9.17) is 39.9 Å². The number of hydrogen-bond donors (Lipinski definition) is 1. The molecule has 4 rings (SSSR count). The lowest BCUT2D eigenvalue weighted by Crippen LogP contribution is -2.11. The van der Waals surface area contributed by atoms with E-state index in [9.17, 15) is 36.0 Å². The summed E-state index contributed by atoms with van der Waals surface area (Å²) in [5.74, 6) is -1.21. The molecule has 0 saturated carbocycles. The molecule has 0 amide bonds. The van der Waals surface area contributed by atoms with Crippen LogP contribution >= 0.6 is 58.0 Å². The van der Waals surface area contributed by atoms with E-state index in [0.717, 1.165) is 23.6 Å². The van der Waals surface area contributed by atoms with Crippen LogP contribution in [0.15, 0.2) is 58.8 Å². The largest absolute Gasteiger partial charge is 0.478 e. The molecule has 2 aromatic heterocycles. The Labute approximate surface area is 314 Å². The number of sulfone groups is 2. The van der Waals surface area contributed by atoms with E-state index in [1.807, 2.05) is 13.8 Å². The second-order valence-corrected chi connectivity index (χ2v) is 15.7. The Morgan fingerprint density at radius 3 is 1.28 bits per heavy atom. The molecule has 0 fully saturated rings. The summed E-state index contributed by atoms with van der Waals surface area (Å²) < 4.78 is 50.5. The summed E-state index contributed by atoms with van der Waals surface area (Å²) in [4.78, 5) is 41.4. The first-order valence-corrected chi connectivity index (χ1v) is 18.5. The third kappa shape index (κ3) is 13.1. The minimum absolute atomic E-state index is 0. The van der Waals surface area contributed by atoms with Gasteiger partial charge < -0.3 is 5.11 Å². The van der Waals surface area contributed by atoms with Crippen LogP contribution in [-0.2, 0) is 42.4 Å². The van der Waals surface area contributed by atoms with Crippen LogP contribution < -0.4 is 0 Å². The van der Waals surface area contributed by atoms with Crippen LogP contribution in [0.25, 0.3) is 0 Å². The van der Waals surface area contributed by atoms with Gasteiger partial charge in [0.1, 0.15) is 0 Å². The summed E-state index contributed by atoms with van der Waals surface area (Å²) in [5, 5.41) is 14.2. The van der Waals surface area contributed by atoms with Crippen molar-refractivity contribution < 1.29 is 41.1 Å². The fraction of sp³-hybridized carbons (Fsp3) is 0.267. The molecule has 0 spiro atoms. The number of aromatic nitrogens is 4. The molecule has 0 unspecified atom stereocenters. The van der Waals surface area contributed by atoms with Crippen molar-refractivity contribution in [1.29, 1.82) is 0 Å². The molecule has 0 aliphatic heterocycles. The Morgan fingerprint density at radius 1 is 0.680 bits per heavy atom. The maximum atomic E-state index is 11.9. The fourth-order valence-electron chi connectivity index (χ4n) is 3.94. The molecule has 50 heavy (non-hydrogen) atoms. The number of carbonyl (C=O) groups excluding carboxylic acids is 3. The summed E-state index contributed by atoms with van der Waals surface area (Å²) >= 11 is 26.7. The molecule has 0 aliphatic rings. The van der Waals surface area contributed by atoms with Gasteiger partial charge in [-0.2, -0.15) is 10.2 Å². The van der Waals surface area contributed by atoms with E-state index in [2.05, 4.69) is 33.4 Å². The van der Waals surface area contributed by atoms with Crippen LogP contribution in [0.3, 0.4) is 0 Å². The van der Waals surface area contributed by atoms with Gasteiger partial charge in [-0.05, 0) is 84.0 Å². The average Bonchev–Trinajstić information content (AvgIpc) is 3.56. The number of carboxylic acids is 1. The van der Waals surface area contributed by atoms with Crippen molar-refractivity contribution in [2.45, 2.75) is 51.6 Å². The maximum Gasteiger partial charge on any atom is 0.337 e. The molecule has 2 heterocycles. The molecule has 274 valence electrons. The lowest BCUT2D eigenvalue weighted by atomic mass is 10.1. The van der Waals surface area contributed by atoms with E-state index < -0.39 is 41.4 Å². The molecule has 0 radical (unpaired) electrons. The highest BCUT2D eigenvalue weighted by Crippen LogP contribution is 2.30. The number of rotatable bonds is 9. The Kier molecular flexibility index (Phi) is 18.1. The molecule has 20 heteroatoms. The average molecular weight is 835 g/mol. The molecular weight excluding hydrogens is 802 g/mol. The van der Waals surface area contributed by atoms with Crippen molar-refractivity contribution in [3.8, 4) is 0 Å². The number of aryl methyl sites for hydroxylation is 2. The Morgan fingerprint density at radius 2 is 1.02 bits per heavy atom. The van der Waals surface area contributed by atoms with Gasteiger partial charge in [-0.15, -0.1) is 0 Å². The predicted octanol–water partition coefficient (Wildman–Crippen LogP) is 6.46. The van der Waals surface area contributed by atoms with Gasteiger partial charge in [0.05, 0.1) is 56.4 Å². The summed E-state index contributed by atoms with van der Waals surface area (Å²) in [6, 6.07) is 5.10. The molecule has 0 saturated heterocycles. The highest BCUT2D eigenvalue weighted by molar-refractivity contribution is 7.91. The molecule has 13 nitrogen and oxygen atoms in total. The monoisotopic (exact) mass is 832 g/mol. The van der Waals surface area contributed by atoms with Crippen LogP contribution in [0.1, 0.15) is 57.8 Å². The van der Waals surface area contributed by atoms with Gasteiger partial charge in [0.15, 0.2) is 19.7 Å². The zero-order valence-electron chi connectivity index (χ0n) is 25.2. The van der Waals surface area contributed by atoms with Crippen LogP contribution in [0.5, 0.6) is 0 Å². The lowest BCUT2D eigenvalue weighted by Gasteiger charge is -2.12. The van der Waals surface area contributed by atoms with Crippen molar-refractivity contribution in [2.24, 2.45) is 0 Å². The zero-order chi connectivity index (χ0) is 36.7. The first-order chi connectivity index (χ1) is 22.0. The normalized spacial score (nSPS) is 10.7. The molecule has 0 aliphatic carbocycles. The number of carbonyl (C=O) groups is 4. The second-order valence-electron chi connectivity index (χ2n) is 9.91. The number of halogens is 5.